The normalized spacial score (nSPS) is 32.7. The van der Waals surface area contributed by atoms with E-state index >= 15 is 0 Å². The first kappa shape index (κ1) is 16.2. The highest BCUT2D eigenvalue weighted by atomic mass is 16.5. The molecule has 4 nitrogen and oxygen atoms in total. The van der Waals surface area contributed by atoms with E-state index in [-0.39, 0.29) is 5.60 Å². The molecular weight excluding hydrogens is 252 g/mol. The molecule has 0 amide bonds. The summed E-state index contributed by atoms with van der Waals surface area (Å²) in [6.07, 6.45) is 4.81. The number of hydrogen-bond donors (Lipinski definition) is 1. The zero-order valence-electron chi connectivity index (χ0n) is 13.3. The molecule has 1 aliphatic carbocycles. The van der Waals surface area contributed by atoms with E-state index in [0.717, 1.165) is 64.1 Å². The first-order valence-electron chi connectivity index (χ1n) is 8.29. The van der Waals surface area contributed by atoms with Crippen LogP contribution in [-0.2, 0) is 9.47 Å². The Morgan fingerprint density at radius 2 is 1.90 bits per heavy atom. The molecule has 0 unspecified atom stereocenters. The molecule has 0 aromatic carbocycles. The standard InChI is InChI=1S/C16H32N2O2/c1-14(2)15-3-5-16(13-17,6-4-15)20-12-9-18-7-10-19-11-8-18/h14-15H,3-13,17H2,1-2H3. The Morgan fingerprint density at radius 3 is 2.45 bits per heavy atom. The second-order valence-corrected chi connectivity index (χ2v) is 6.77. The minimum atomic E-state index is -0.0440. The topological polar surface area (TPSA) is 47.7 Å². The van der Waals surface area contributed by atoms with E-state index in [0.29, 0.717) is 6.54 Å². The Balaban J connectivity index is 1.71. The molecule has 2 aliphatic rings. The summed E-state index contributed by atoms with van der Waals surface area (Å²) in [6, 6.07) is 0. The molecule has 1 saturated carbocycles. The van der Waals surface area contributed by atoms with Gasteiger partial charge in [0, 0.05) is 26.2 Å². The van der Waals surface area contributed by atoms with Crippen molar-refractivity contribution in [2.24, 2.45) is 17.6 Å². The highest BCUT2D eigenvalue weighted by Gasteiger charge is 2.35. The zero-order chi connectivity index (χ0) is 14.4. The fourth-order valence-electron chi connectivity index (χ4n) is 3.46. The van der Waals surface area contributed by atoms with E-state index in [9.17, 15) is 0 Å². The number of morpholine rings is 1. The first-order chi connectivity index (χ1) is 9.65. The smallest absolute Gasteiger partial charge is 0.0805 e. The van der Waals surface area contributed by atoms with Crippen LogP contribution in [0.5, 0.6) is 0 Å². The number of rotatable bonds is 6. The number of hydrogen-bond acceptors (Lipinski definition) is 4. The monoisotopic (exact) mass is 284 g/mol. The van der Waals surface area contributed by atoms with Gasteiger partial charge >= 0.3 is 0 Å². The van der Waals surface area contributed by atoms with Gasteiger partial charge in [0.05, 0.1) is 25.4 Å². The van der Waals surface area contributed by atoms with Crippen molar-refractivity contribution in [1.29, 1.82) is 0 Å². The Hall–Kier alpha value is -0.160. The van der Waals surface area contributed by atoms with Crippen molar-refractivity contribution >= 4 is 0 Å². The molecule has 0 atom stereocenters. The Morgan fingerprint density at radius 1 is 1.25 bits per heavy atom. The van der Waals surface area contributed by atoms with Gasteiger partial charge in [0.15, 0.2) is 0 Å². The summed E-state index contributed by atoms with van der Waals surface area (Å²) < 4.78 is 11.6. The third kappa shape index (κ3) is 4.42. The minimum absolute atomic E-state index is 0.0440. The van der Waals surface area contributed by atoms with Crippen molar-refractivity contribution in [1.82, 2.24) is 4.90 Å². The molecule has 0 aromatic heterocycles. The van der Waals surface area contributed by atoms with Crippen LogP contribution in [0.25, 0.3) is 0 Å². The van der Waals surface area contributed by atoms with E-state index in [1.165, 1.54) is 12.8 Å². The molecule has 1 saturated heterocycles. The fraction of sp³-hybridized carbons (Fsp3) is 1.00. The summed E-state index contributed by atoms with van der Waals surface area (Å²) in [7, 11) is 0. The quantitative estimate of drug-likeness (QED) is 0.809. The maximum atomic E-state index is 6.24. The van der Waals surface area contributed by atoms with E-state index in [4.69, 9.17) is 15.2 Å². The lowest BCUT2D eigenvalue weighted by molar-refractivity contribution is -0.0839. The third-order valence-corrected chi connectivity index (χ3v) is 5.18. The van der Waals surface area contributed by atoms with Crippen LogP contribution in [0.3, 0.4) is 0 Å². The van der Waals surface area contributed by atoms with Gasteiger partial charge in [-0.25, -0.2) is 0 Å². The minimum Gasteiger partial charge on any atom is -0.379 e. The van der Waals surface area contributed by atoms with Crippen molar-refractivity contribution in [3.8, 4) is 0 Å². The van der Waals surface area contributed by atoms with E-state index < -0.39 is 0 Å². The summed E-state index contributed by atoms with van der Waals surface area (Å²) in [5.74, 6) is 1.65. The van der Waals surface area contributed by atoms with Crippen molar-refractivity contribution in [3.05, 3.63) is 0 Å². The maximum Gasteiger partial charge on any atom is 0.0805 e. The molecule has 118 valence electrons. The van der Waals surface area contributed by atoms with Gasteiger partial charge in [-0.15, -0.1) is 0 Å². The van der Waals surface area contributed by atoms with Crippen LogP contribution in [0.4, 0.5) is 0 Å². The number of ether oxygens (including phenoxy) is 2. The molecule has 1 heterocycles. The van der Waals surface area contributed by atoms with Crippen molar-refractivity contribution in [2.45, 2.75) is 45.1 Å². The van der Waals surface area contributed by atoms with Gasteiger partial charge in [-0.3, -0.25) is 4.90 Å². The summed E-state index contributed by atoms with van der Waals surface area (Å²) in [4.78, 5) is 2.42. The van der Waals surface area contributed by atoms with Gasteiger partial charge in [-0.1, -0.05) is 13.8 Å². The van der Waals surface area contributed by atoms with Crippen LogP contribution >= 0.6 is 0 Å². The van der Waals surface area contributed by atoms with Crippen LogP contribution in [0.1, 0.15) is 39.5 Å². The van der Waals surface area contributed by atoms with E-state index in [1.807, 2.05) is 0 Å². The highest BCUT2D eigenvalue weighted by molar-refractivity contribution is 4.89. The average Bonchev–Trinajstić information content (AvgIpc) is 2.49. The number of nitrogens with zero attached hydrogens (tertiary/aromatic N) is 1. The largest absolute Gasteiger partial charge is 0.379 e. The predicted molar refractivity (Wildman–Crippen MR) is 81.8 cm³/mol. The van der Waals surface area contributed by atoms with E-state index in [2.05, 4.69) is 18.7 Å². The lowest BCUT2D eigenvalue weighted by Gasteiger charge is -2.41. The van der Waals surface area contributed by atoms with Crippen molar-refractivity contribution in [3.63, 3.8) is 0 Å². The Labute approximate surface area is 124 Å². The maximum absolute atomic E-state index is 6.24. The molecule has 2 rings (SSSR count). The molecule has 0 radical (unpaired) electrons. The number of nitrogens with two attached hydrogens (primary N) is 1. The Kier molecular flexibility index (Phi) is 6.27. The van der Waals surface area contributed by atoms with Gasteiger partial charge in [0.2, 0.25) is 0 Å². The molecule has 2 N–H and O–H groups in total. The zero-order valence-corrected chi connectivity index (χ0v) is 13.3. The summed E-state index contributed by atoms with van der Waals surface area (Å²) >= 11 is 0. The Bertz CT molecular complexity index is 270. The van der Waals surface area contributed by atoms with Crippen LogP contribution in [-0.4, -0.2) is 56.5 Å². The van der Waals surface area contributed by atoms with Gasteiger partial charge in [0.1, 0.15) is 0 Å². The fourth-order valence-corrected chi connectivity index (χ4v) is 3.46. The van der Waals surface area contributed by atoms with Gasteiger partial charge in [-0.2, -0.15) is 0 Å². The lowest BCUT2D eigenvalue weighted by atomic mass is 9.74. The van der Waals surface area contributed by atoms with Crippen molar-refractivity contribution < 1.29 is 9.47 Å². The van der Waals surface area contributed by atoms with Gasteiger partial charge in [-0.05, 0) is 37.5 Å². The lowest BCUT2D eigenvalue weighted by Crippen LogP contribution is -2.46. The first-order valence-corrected chi connectivity index (χ1v) is 8.29. The van der Waals surface area contributed by atoms with Crippen LogP contribution in [0.15, 0.2) is 0 Å². The summed E-state index contributed by atoms with van der Waals surface area (Å²) in [5.41, 5.74) is 5.98. The van der Waals surface area contributed by atoms with Gasteiger partial charge in [0.25, 0.3) is 0 Å². The SMILES string of the molecule is CC(C)C1CCC(CN)(OCCN2CCOCC2)CC1. The molecule has 0 spiro atoms. The van der Waals surface area contributed by atoms with Crippen LogP contribution < -0.4 is 5.73 Å². The van der Waals surface area contributed by atoms with Crippen LogP contribution in [0, 0.1) is 11.8 Å². The van der Waals surface area contributed by atoms with Crippen LogP contribution in [0.2, 0.25) is 0 Å². The second-order valence-electron chi connectivity index (χ2n) is 6.77. The van der Waals surface area contributed by atoms with Crippen molar-refractivity contribution in [2.75, 3.05) is 46.0 Å². The molecule has 0 bridgehead atoms. The summed E-state index contributed by atoms with van der Waals surface area (Å²) in [5, 5.41) is 0. The molecule has 4 heteroatoms. The average molecular weight is 284 g/mol. The second kappa shape index (κ2) is 7.74. The summed E-state index contributed by atoms with van der Waals surface area (Å²) in [6.45, 7) is 10.9. The molecule has 1 aliphatic heterocycles. The highest BCUT2D eigenvalue weighted by Crippen LogP contribution is 2.37. The molecule has 20 heavy (non-hydrogen) atoms. The third-order valence-electron chi connectivity index (χ3n) is 5.18. The molecular formula is C16H32N2O2. The molecule has 2 fully saturated rings. The predicted octanol–water partition coefficient (Wildman–Crippen LogP) is 1.88. The van der Waals surface area contributed by atoms with Gasteiger partial charge < -0.3 is 15.2 Å². The molecule has 0 aromatic rings. The van der Waals surface area contributed by atoms with E-state index in [1.54, 1.807) is 0 Å².